The number of rotatable bonds is 6. The van der Waals surface area contributed by atoms with Gasteiger partial charge >= 0.3 is 0 Å². The minimum Gasteiger partial charge on any atom is -0.507 e. The van der Waals surface area contributed by atoms with E-state index in [2.05, 4.69) is 10.5 Å². The van der Waals surface area contributed by atoms with E-state index in [4.69, 9.17) is 14.2 Å². The topological polar surface area (TPSA) is 89.4 Å². The zero-order chi connectivity index (χ0) is 20.1. The first-order valence-electron chi connectivity index (χ1n) is 8.42. The molecule has 0 aliphatic heterocycles. The number of nitrogens with one attached hydrogen (secondary N) is 1. The Morgan fingerprint density at radius 2 is 1.57 bits per heavy atom. The number of methoxy groups -OCH3 is 3. The van der Waals surface area contributed by atoms with Crippen molar-refractivity contribution in [3.8, 4) is 23.0 Å². The van der Waals surface area contributed by atoms with E-state index < -0.39 is 5.91 Å². The molecule has 0 bridgehead atoms. The van der Waals surface area contributed by atoms with E-state index in [0.717, 1.165) is 10.8 Å². The third-order valence-corrected chi connectivity index (χ3v) is 4.22. The molecule has 0 saturated carbocycles. The molecule has 3 aromatic rings. The number of phenolic OH excluding ortho intramolecular Hbond substituents is 1. The second-order valence-electron chi connectivity index (χ2n) is 5.86. The first kappa shape index (κ1) is 19.0. The van der Waals surface area contributed by atoms with Gasteiger partial charge in [-0.2, -0.15) is 5.10 Å². The van der Waals surface area contributed by atoms with Crippen molar-refractivity contribution in [2.75, 3.05) is 21.3 Å². The van der Waals surface area contributed by atoms with Gasteiger partial charge in [-0.1, -0.05) is 24.3 Å². The van der Waals surface area contributed by atoms with Gasteiger partial charge < -0.3 is 19.3 Å². The summed E-state index contributed by atoms with van der Waals surface area (Å²) >= 11 is 0. The van der Waals surface area contributed by atoms with E-state index in [0.29, 0.717) is 22.8 Å². The maximum atomic E-state index is 12.4. The summed E-state index contributed by atoms with van der Waals surface area (Å²) in [4.78, 5) is 12.4. The minimum atomic E-state index is -0.536. The molecule has 7 heteroatoms. The van der Waals surface area contributed by atoms with Crippen LogP contribution in [0.1, 0.15) is 15.9 Å². The van der Waals surface area contributed by atoms with Crippen molar-refractivity contribution < 1.29 is 24.1 Å². The standard InChI is InChI=1S/C21H20N2O5/c1-26-15-10-19(27-2)17(20(11-15)28-3)12-22-23-21(25)16-8-13-6-4-5-7-14(13)9-18(16)24/h4-12,24H,1-3H3,(H,23,25)/b22-12+. The number of carbonyl (C=O) groups is 1. The number of ether oxygens (including phenoxy) is 3. The Morgan fingerprint density at radius 3 is 2.14 bits per heavy atom. The quantitative estimate of drug-likeness (QED) is 0.506. The molecular weight excluding hydrogens is 360 g/mol. The Balaban J connectivity index is 1.85. The fourth-order valence-corrected chi connectivity index (χ4v) is 2.79. The van der Waals surface area contributed by atoms with Crippen LogP contribution in [-0.2, 0) is 0 Å². The van der Waals surface area contributed by atoms with Gasteiger partial charge in [0.25, 0.3) is 5.91 Å². The summed E-state index contributed by atoms with van der Waals surface area (Å²) in [7, 11) is 4.56. The average Bonchev–Trinajstić information content (AvgIpc) is 2.72. The van der Waals surface area contributed by atoms with Gasteiger partial charge in [0.2, 0.25) is 0 Å². The van der Waals surface area contributed by atoms with Crippen molar-refractivity contribution in [3.63, 3.8) is 0 Å². The zero-order valence-electron chi connectivity index (χ0n) is 15.7. The highest BCUT2D eigenvalue weighted by Crippen LogP contribution is 2.32. The van der Waals surface area contributed by atoms with Gasteiger partial charge in [0.15, 0.2) is 0 Å². The Kier molecular flexibility index (Phi) is 5.64. The van der Waals surface area contributed by atoms with Gasteiger partial charge in [0, 0.05) is 12.1 Å². The average molecular weight is 380 g/mol. The molecule has 1 amide bonds. The Morgan fingerprint density at radius 1 is 0.964 bits per heavy atom. The van der Waals surface area contributed by atoms with Crippen LogP contribution in [0.2, 0.25) is 0 Å². The maximum absolute atomic E-state index is 12.4. The summed E-state index contributed by atoms with van der Waals surface area (Å²) in [6.45, 7) is 0. The highest BCUT2D eigenvalue weighted by molar-refractivity contribution is 6.02. The Bertz CT molecular complexity index is 1020. The lowest BCUT2D eigenvalue weighted by Crippen LogP contribution is -2.18. The van der Waals surface area contributed by atoms with Crippen LogP contribution in [0.5, 0.6) is 23.0 Å². The summed E-state index contributed by atoms with van der Waals surface area (Å²) < 4.78 is 15.9. The third kappa shape index (κ3) is 3.83. The van der Waals surface area contributed by atoms with Crippen LogP contribution < -0.4 is 19.6 Å². The number of amides is 1. The lowest BCUT2D eigenvalue weighted by atomic mass is 10.1. The van der Waals surface area contributed by atoms with E-state index in [1.165, 1.54) is 27.5 Å². The molecular formula is C21H20N2O5. The first-order chi connectivity index (χ1) is 13.6. The van der Waals surface area contributed by atoms with Crippen LogP contribution in [0.15, 0.2) is 53.6 Å². The van der Waals surface area contributed by atoms with E-state index in [-0.39, 0.29) is 11.3 Å². The second-order valence-corrected chi connectivity index (χ2v) is 5.86. The normalized spacial score (nSPS) is 10.8. The van der Waals surface area contributed by atoms with E-state index in [1.807, 2.05) is 24.3 Å². The number of carbonyl (C=O) groups excluding carboxylic acids is 1. The van der Waals surface area contributed by atoms with Gasteiger partial charge in [-0.25, -0.2) is 5.43 Å². The predicted octanol–water partition coefficient (Wildman–Crippen LogP) is 3.34. The number of hydrazone groups is 1. The molecule has 28 heavy (non-hydrogen) atoms. The molecule has 0 unspecified atom stereocenters. The largest absolute Gasteiger partial charge is 0.507 e. The molecule has 144 valence electrons. The fourth-order valence-electron chi connectivity index (χ4n) is 2.79. The smallest absolute Gasteiger partial charge is 0.275 e. The lowest BCUT2D eigenvalue weighted by Gasteiger charge is -2.12. The zero-order valence-corrected chi connectivity index (χ0v) is 15.7. The number of nitrogens with zero attached hydrogens (tertiary/aromatic N) is 1. The molecule has 0 fully saturated rings. The molecule has 2 N–H and O–H groups in total. The van der Waals surface area contributed by atoms with Crippen molar-refractivity contribution in [1.29, 1.82) is 0 Å². The van der Waals surface area contributed by atoms with Gasteiger partial charge in [-0.05, 0) is 22.9 Å². The molecule has 0 aliphatic carbocycles. The van der Waals surface area contributed by atoms with Crippen LogP contribution in [0.25, 0.3) is 10.8 Å². The van der Waals surface area contributed by atoms with Gasteiger partial charge in [0.1, 0.15) is 23.0 Å². The second kappa shape index (κ2) is 8.30. The summed E-state index contributed by atoms with van der Waals surface area (Å²) in [5.41, 5.74) is 3.08. The lowest BCUT2D eigenvalue weighted by molar-refractivity contribution is 0.0952. The van der Waals surface area contributed by atoms with E-state index in [1.54, 1.807) is 24.3 Å². The highest BCUT2D eigenvalue weighted by Gasteiger charge is 2.14. The van der Waals surface area contributed by atoms with E-state index in [9.17, 15) is 9.90 Å². The molecule has 0 radical (unpaired) electrons. The molecule has 3 aromatic carbocycles. The molecule has 7 nitrogen and oxygen atoms in total. The van der Waals surface area contributed by atoms with Crippen LogP contribution in [-0.4, -0.2) is 38.6 Å². The molecule has 0 atom stereocenters. The van der Waals surface area contributed by atoms with Crippen molar-refractivity contribution >= 4 is 22.9 Å². The third-order valence-electron chi connectivity index (χ3n) is 4.22. The summed E-state index contributed by atoms with van der Waals surface area (Å²) in [5, 5.41) is 15.8. The van der Waals surface area contributed by atoms with Gasteiger partial charge in [-0.15, -0.1) is 0 Å². The number of hydrogen-bond acceptors (Lipinski definition) is 6. The van der Waals surface area contributed by atoms with Crippen LogP contribution in [0.3, 0.4) is 0 Å². The van der Waals surface area contributed by atoms with Crippen LogP contribution in [0.4, 0.5) is 0 Å². The fraction of sp³-hybridized carbons (Fsp3) is 0.143. The molecule has 0 heterocycles. The summed E-state index contributed by atoms with van der Waals surface area (Å²) in [6.07, 6.45) is 1.41. The Labute approximate surface area is 162 Å². The van der Waals surface area contributed by atoms with Crippen LogP contribution in [0, 0.1) is 0 Å². The van der Waals surface area contributed by atoms with Gasteiger partial charge in [0.05, 0.1) is 38.7 Å². The number of phenols is 1. The Hall–Kier alpha value is -3.74. The maximum Gasteiger partial charge on any atom is 0.275 e. The number of aromatic hydroxyl groups is 1. The number of hydrogen-bond donors (Lipinski definition) is 2. The number of fused-ring (bicyclic) bond motifs is 1. The summed E-state index contributed by atoms with van der Waals surface area (Å²) in [6, 6.07) is 14.0. The SMILES string of the molecule is COc1cc(OC)c(/C=N/NC(=O)c2cc3ccccc3cc2O)c(OC)c1. The van der Waals surface area contributed by atoms with Crippen molar-refractivity contribution in [2.24, 2.45) is 5.10 Å². The minimum absolute atomic E-state index is 0.119. The molecule has 0 spiro atoms. The van der Waals surface area contributed by atoms with Gasteiger partial charge in [-0.3, -0.25) is 4.79 Å². The first-order valence-corrected chi connectivity index (χ1v) is 8.42. The van der Waals surface area contributed by atoms with Crippen molar-refractivity contribution in [1.82, 2.24) is 5.43 Å². The molecule has 0 saturated heterocycles. The predicted molar refractivity (Wildman–Crippen MR) is 107 cm³/mol. The molecule has 3 rings (SSSR count). The van der Waals surface area contributed by atoms with E-state index >= 15 is 0 Å². The van der Waals surface area contributed by atoms with Crippen molar-refractivity contribution in [2.45, 2.75) is 0 Å². The molecule has 0 aromatic heterocycles. The highest BCUT2D eigenvalue weighted by atomic mass is 16.5. The monoisotopic (exact) mass is 380 g/mol. The van der Waals surface area contributed by atoms with Crippen LogP contribution >= 0.6 is 0 Å². The van der Waals surface area contributed by atoms with Crippen molar-refractivity contribution in [3.05, 3.63) is 59.7 Å². The number of benzene rings is 3. The molecule has 0 aliphatic rings. The summed E-state index contributed by atoms with van der Waals surface area (Å²) in [5.74, 6) is 0.860.